The van der Waals surface area contributed by atoms with E-state index in [9.17, 15) is 5.26 Å². The standard InChI is InChI=1S/C18H14BrIN8O/c1-2-3-29-15-9(4-8(19)5-11(15)20)14-12-13(23)10(6-21)16(24)27-17(12)28-18(26-14)25-7-22/h2,4-5,14H,1,3H2,(H6,23,24,25,26,27,28). The van der Waals surface area contributed by atoms with E-state index in [1.807, 2.05) is 24.4 Å². The quantitative estimate of drug-likeness (QED) is 0.191. The Kier molecular flexibility index (Phi) is 6.10. The molecule has 1 aliphatic heterocycles. The Morgan fingerprint density at radius 3 is 2.83 bits per heavy atom. The molecule has 29 heavy (non-hydrogen) atoms. The number of ether oxygens (including phenoxy) is 1. The number of nitrogens with zero attached hydrogens (tertiary/aromatic N) is 4. The summed E-state index contributed by atoms with van der Waals surface area (Å²) in [5, 5.41) is 23.8. The van der Waals surface area contributed by atoms with E-state index in [2.05, 4.69) is 65.7 Å². The lowest BCUT2D eigenvalue weighted by molar-refractivity contribution is 0.355. The van der Waals surface area contributed by atoms with Crippen molar-refractivity contribution in [2.75, 3.05) is 23.4 Å². The Morgan fingerprint density at radius 2 is 2.17 bits per heavy atom. The molecule has 6 N–H and O–H groups in total. The van der Waals surface area contributed by atoms with Gasteiger partial charge in [-0.3, -0.25) is 5.32 Å². The predicted molar refractivity (Wildman–Crippen MR) is 122 cm³/mol. The molecule has 2 aromatic rings. The average Bonchev–Trinajstić information content (AvgIpc) is 2.66. The van der Waals surface area contributed by atoms with Gasteiger partial charge < -0.3 is 21.5 Å². The molecule has 0 aliphatic carbocycles. The third-order valence-corrected chi connectivity index (χ3v) is 5.29. The first-order chi connectivity index (χ1) is 13.9. The maximum atomic E-state index is 9.45. The number of anilines is 3. The number of rotatable bonds is 4. The van der Waals surface area contributed by atoms with E-state index in [-0.39, 0.29) is 29.6 Å². The van der Waals surface area contributed by atoms with Gasteiger partial charge >= 0.3 is 0 Å². The summed E-state index contributed by atoms with van der Waals surface area (Å²) >= 11 is 5.65. The predicted octanol–water partition coefficient (Wildman–Crippen LogP) is 2.99. The zero-order chi connectivity index (χ0) is 21.1. The molecule has 1 unspecified atom stereocenters. The van der Waals surface area contributed by atoms with Crippen LogP contribution in [0.15, 0.2) is 34.3 Å². The van der Waals surface area contributed by atoms with Crippen molar-refractivity contribution in [2.45, 2.75) is 6.04 Å². The first kappa shape index (κ1) is 20.7. The van der Waals surface area contributed by atoms with E-state index in [0.717, 1.165) is 8.04 Å². The third kappa shape index (κ3) is 3.92. The van der Waals surface area contributed by atoms with Crippen LogP contribution in [0.1, 0.15) is 22.7 Å². The Bertz CT molecular complexity index is 1120. The minimum atomic E-state index is -0.701. The van der Waals surface area contributed by atoms with E-state index in [0.29, 0.717) is 22.7 Å². The molecule has 1 aromatic heterocycles. The van der Waals surface area contributed by atoms with Gasteiger partial charge in [0.05, 0.1) is 9.26 Å². The number of hydrogen-bond acceptors (Lipinski definition) is 9. The van der Waals surface area contributed by atoms with Crippen molar-refractivity contribution >= 4 is 61.8 Å². The van der Waals surface area contributed by atoms with Gasteiger partial charge in [-0.1, -0.05) is 28.6 Å². The van der Waals surface area contributed by atoms with Crippen LogP contribution >= 0.6 is 38.5 Å². The van der Waals surface area contributed by atoms with Crippen molar-refractivity contribution in [3.63, 3.8) is 0 Å². The molecule has 11 heteroatoms. The van der Waals surface area contributed by atoms with Gasteiger partial charge in [-0.15, -0.1) is 0 Å². The van der Waals surface area contributed by atoms with Crippen molar-refractivity contribution in [3.8, 4) is 18.0 Å². The van der Waals surface area contributed by atoms with Crippen LogP contribution in [0.5, 0.6) is 5.75 Å². The lowest BCUT2D eigenvalue weighted by Crippen LogP contribution is -2.33. The van der Waals surface area contributed by atoms with Crippen LogP contribution < -0.4 is 26.8 Å². The summed E-state index contributed by atoms with van der Waals surface area (Å²) in [7, 11) is 0. The molecule has 0 bridgehead atoms. The normalized spacial score (nSPS) is 14.5. The Morgan fingerprint density at radius 1 is 1.41 bits per heavy atom. The molecule has 146 valence electrons. The number of guanidine groups is 1. The van der Waals surface area contributed by atoms with Gasteiger partial charge in [0.15, 0.2) is 6.19 Å². The van der Waals surface area contributed by atoms with Gasteiger partial charge in [0.1, 0.15) is 41.7 Å². The molecule has 1 aromatic carbocycles. The van der Waals surface area contributed by atoms with Gasteiger partial charge in [0.2, 0.25) is 5.96 Å². The van der Waals surface area contributed by atoms with Crippen molar-refractivity contribution in [1.29, 1.82) is 10.5 Å². The lowest BCUT2D eigenvalue weighted by Gasteiger charge is -2.27. The van der Waals surface area contributed by atoms with Crippen molar-refractivity contribution in [3.05, 3.63) is 49.5 Å². The highest BCUT2D eigenvalue weighted by molar-refractivity contribution is 14.1. The summed E-state index contributed by atoms with van der Waals surface area (Å²) in [5.74, 6) is 1.05. The van der Waals surface area contributed by atoms with Crippen LogP contribution in [0.2, 0.25) is 0 Å². The highest BCUT2D eigenvalue weighted by Crippen LogP contribution is 2.45. The van der Waals surface area contributed by atoms with E-state index in [4.69, 9.17) is 21.5 Å². The number of pyridine rings is 1. The lowest BCUT2D eigenvalue weighted by atomic mass is 9.94. The molecule has 9 nitrogen and oxygen atoms in total. The fourth-order valence-electron chi connectivity index (χ4n) is 2.88. The van der Waals surface area contributed by atoms with Crippen molar-refractivity contribution in [2.24, 2.45) is 4.99 Å². The summed E-state index contributed by atoms with van der Waals surface area (Å²) in [6.07, 6.45) is 3.46. The first-order valence-electron chi connectivity index (χ1n) is 8.12. The van der Waals surface area contributed by atoms with Crippen LogP contribution in [0.4, 0.5) is 17.3 Å². The highest BCUT2D eigenvalue weighted by atomic mass is 127. The van der Waals surface area contributed by atoms with E-state index in [1.165, 1.54) is 0 Å². The molecule has 0 radical (unpaired) electrons. The number of aromatic nitrogens is 1. The fourth-order valence-corrected chi connectivity index (χ4v) is 4.59. The molecule has 0 saturated heterocycles. The number of hydrogen-bond donors (Lipinski definition) is 4. The summed E-state index contributed by atoms with van der Waals surface area (Å²) < 4.78 is 7.52. The smallest absolute Gasteiger partial charge is 0.211 e. The second kappa shape index (κ2) is 8.55. The third-order valence-electron chi connectivity index (χ3n) is 4.03. The minimum absolute atomic E-state index is 0.0137. The maximum Gasteiger partial charge on any atom is 0.211 e. The average molecular weight is 565 g/mol. The minimum Gasteiger partial charge on any atom is -0.488 e. The molecule has 0 spiro atoms. The topological polar surface area (TPSA) is 158 Å². The van der Waals surface area contributed by atoms with Crippen LogP contribution in [0.3, 0.4) is 0 Å². The number of aliphatic imine (C=N–C) groups is 1. The Balaban J connectivity index is 2.31. The molecular weight excluding hydrogens is 551 g/mol. The number of nitrogens with one attached hydrogen (secondary N) is 2. The molecular formula is C18H14BrIN8O. The molecule has 3 rings (SSSR count). The van der Waals surface area contributed by atoms with Crippen molar-refractivity contribution < 1.29 is 4.74 Å². The Hall–Kier alpha value is -3.03. The molecule has 0 fully saturated rings. The highest BCUT2D eigenvalue weighted by Gasteiger charge is 2.32. The van der Waals surface area contributed by atoms with Crippen LogP contribution in [-0.4, -0.2) is 17.6 Å². The molecule has 0 saturated carbocycles. The van der Waals surface area contributed by atoms with E-state index >= 15 is 0 Å². The zero-order valence-electron chi connectivity index (χ0n) is 14.8. The fraction of sp³-hybridized carbons (Fsp3) is 0.111. The molecule has 2 heterocycles. The molecule has 1 atom stereocenters. The number of fused-ring (bicyclic) bond motifs is 1. The summed E-state index contributed by atoms with van der Waals surface area (Å²) in [5.41, 5.74) is 13.5. The summed E-state index contributed by atoms with van der Waals surface area (Å²) in [6.45, 7) is 3.97. The van der Waals surface area contributed by atoms with Gasteiger partial charge in [0, 0.05) is 15.6 Å². The largest absolute Gasteiger partial charge is 0.488 e. The second-order valence-corrected chi connectivity index (χ2v) is 7.89. The molecule has 1 aliphatic rings. The van der Waals surface area contributed by atoms with Crippen LogP contribution in [-0.2, 0) is 0 Å². The van der Waals surface area contributed by atoms with E-state index in [1.54, 1.807) is 6.08 Å². The first-order valence-corrected chi connectivity index (χ1v) is 9.99. The monoisotopic (exact) mass is 564 g/mol. The van der Waals surface area contributed by atoms with Gasteiger partial charge in [-0.05, 0) is 34.7 Å². The van der Waals surface area contributed by atoms with Gasteiger partial charge in [0.25, 0.3) is 0 Å². The number of nitrogen functional groups attached to an aromatic ring is 2. The number of halogens is 2. The Labute approximate surface area is 188 Å². The van der Waals surface area contributed by atoms with Crippen LogP contribution in [0, 0.1) is 26.4 Å². The zero-order valence-corrected chi connectivity index (χ0v) is 18.6. The molecule has 0 amide bonds. The number of nitriles is 2. The second-order valence-electron chi connectivity index (χ2n) is 5.81. The number of nitrogens with two attached hydrogens (primary N) is 2. The summed E-state index contributed by atoms with van der Waals surface area (Å²) in [4.78, 5) is 8.83. The maximum absolute atomic E-state index is 9.45. The van der Waals surface area contributed by atoms with Crippen LogP contribution in [0.25, 0.3) is 0 Å². The number of benzene rings is 1. The SMILES string of the molecule is C=CCOc1c(I)cc(Br)cc1C1N=C(NC#N)Nc2nc(N)c(C#N)c(N)c21. The summed E-state index contributed by atoms with van der Waals surface area (Å²) in [6, 6.07) is 5.02. The van der Waals surface area contributed by atoms with E-state index < -0.39 is 6.04 Å². The van der Waals surface area contributed by atoms with Crippen molar-refractivity contribution in [1.82, 2.24) is 10.3 Å². The van der Waals surface area contributed by atoms with Gasteiger partial charge in [-0.25, -0.2) is 9.98 Å². The van der Waals surface area contributed by atoms with Gasteiger partial charge in [-0.2, -0.15) is 10.5 Å².